The number of hydrogen-bond acceptors (Lipinski definition) is 4. The number of nitro groups is 1. The topological polar surface area (TPSA) is 77.3 Å². The molecular weight excluding hydrogens is 210 g/mol. The molecule has 0 saturated heterocycles. The number of benzene rings is 1. The van der Waals surface area contributed by atoms with Crippen LogP contribution in [0.2, 0.25) is 0 Å². The Morgan fingerprint density at radius 1 is 1.25 bits per heavy atom. The number of rotatable bonds is 5. The van der Waals surface area contributed by atoms with E-state index in [1.807, 2.05) is 0 Å². The molecule has 0 aliphatic carbocycles. The Labute approximate surface area is 91.5 Å². The van der Waals surface area contributed by atoms with Gasteiger partial charge < -0.3 is 4.79 Å². The first kappa shape index (κ1) is 11.8. The van der Waals surface area contributed by atoms with Crippen LogP contribution in [0.4, 0.5) is 5.69 Å². The van der Waals surface area contributed by atoms with E-state index >= 15 is 0 Å². The third-order valence-corrected chi connectivity index (χ3v) is 1.94. The van der Waals surface area contributed by atoms with E-state index in [0.717, 1.165) is 6.29 Å². The van der Waals surface area contributed by atoms with Crippen LogP contribution in [0.3, 0.4) is 0 Å². The Bertz CT molecular complexity index is 451. The van der Waals surface area contributed by atoms with Crippen LogP contribution in [0.25, 0.3) is 6.08 Å². The van der Waals surface area contributed by atoms with Crippen molar-refractivity contribution in [3.05, 3.63) is 45.5 Å². The first-order chi connectivity index (χ1) is 7.69. The quantitative estimate of drug-likeness (QED) is 0.431. The van der Waals surface area contributed by atoms with Crippen molar-refractivity contribution in [3.8, 4) is 0 Å². The van der Waals surface area contributed by atoms with Crippen molar-refractivity contribution in [1.29, 1.82) is 0 Å². The molecule has 82 valence electrons. The fourth-order valence-corrected chi connectivity index (χ4v) is 1.18. The van der Waals surface area contributed by atoms with Crippen molar-refractivity contribution in [2.45, 2.75) is 6.42 Å². The summed E-state index contributed by atoms with van der Waals surface area (Å²) in [5.74, 6) is 0. The second kappa shape index (κ2) is 5.55. The third-order valence-electron chi connectivity index (χ3n) is 1.94. The molecule has 5 nitrogen and oxygen atoms in total. The normalized spacial score (nSPS) is 10.2. The van der Waals surface area contributed by atoms with E-state index in [0.29, 0.717) is 11.8 Å². The summed E-state index contributed by atoms with van der Waals surface area (Å²) in [4.78, 5) is 30.7. The SMILES string of the molecule is O=CCC=Cc1ccc([N+](=O)[O-])cc1C=O. The van der Waals surface area contributed by atoms with Crippen molar-refractivity contribution in [3.63, 3.8) is 0 Å². The molecule has 0 aromatic heterocycles. The minimum absolute atomic E-state index is 0.130. The van der Waals surface area contributed by atoms with Gasteiger partial charge in [-0.3, -0.25) is 14.9 Å². The molecule has 0 amide bonds. The summed E-state index contributed by atoms with van der Waals surface area (Å²) in [5.41, 5.74) is 0.661. The highest BCUT2D eigenvalue weighted by molar-refractivity contribution is 5.83. The van der Waals surface area contributed by atoms with Gasteiger partial charge in [0.15, 0.2) is 6.29 Å². The van der Waals surface area contributed by atoms with Gasteiger partial charge in [-0.1, -0.05) is 12.2 Å². The Morgan fingerprint density at radius 2 is 2.00 bits per heavy atom. The zero-order chi connectivity index (χ0) is 12.0. The maximum atomic E-state index is 10.7. The molecule has 0 unspecified atom stereocenters. The predicted molar refractivity (Wildman–Crippen MR) is 58.2 cm³/mol. The summed E-state index contributed by atoms with van der Waals surface area (Å²) in [6.45, 7) is 0. The van der Waals surface area contributed by atoms with Gasteiger partial charge in [0.2, 0.25) is 0 Å². The molecule has 1 aromatic rings. The zero-order valence-corrected chi connectivity index (χ0v) is 8.33. The highest BCUT2D eigenvalue weighted by atomic mass is 16.6. The summed E-state index contributed by atoms with van der Waals surface area (Å²) >= 11 is 0. The number of allylic oxidation sites excluding steroid dienone is 1. The Balaban J connectivity index is 3.06. The predicted octanol–water partition coefficient (Wildman–Crippen LogP) is 2.01. The number of aldehydes is 2. The monoisotopic (exact) mass is 219 g/mol. The molecule has 16 heavy (non-hydrogen) atoms. The molecule has 0 aliphatic heterocycles. The fraction of sp³-hybridized carbons (Fsp3) is 0.0909. The van der Waals surface area contributed by atoms with Gasteiger partial charge in [0.25, 0.3) is 5.69 Å². The van der Waals surface area contributed by atoms with E-state index in [4.69, 9.17) is 0 Å². The lowest BCUT2D eigenvalue weighted by atomic mass is 10.1. The lowest BCUT2D eigenvalue weighted by molar-refractivity contribution is -0.384. The third kappa shape index (κ3) is 2.84. The molecule has 0 spiro atoms. The van der Waals surface area contributed by atoms with Crippen molar-refractivity contribution < 1.29 is 14.5 Å². The van der Waals surface area contributed by atoms with E-state index in [2.05, 4.69) is 0 Å². The van der Waals surface area contributed by atoms with Gasteiger partial charge in [0.1, 0.15) is 6.29 Å². The van der Waals surface area contributed by atoms with E-state index in [1.165, 1.54) is 18.2 Å². The van der Waals surface area contributed by atoms with Crippen LogP contribution in [0.15, 0.2) is 24.3 Å². The molecule has 1 aromatic carbocycles. The van der Waals surface area contributed by atoms with Crippen LogP contribution < -0.4 is 0 Å². The molecule has 0 N–H and O–H groups in total. The molecule has 0 fully saturated rings. The van der Waals surface area contributed by atoms with Crippen LogP contribution in [0.1, 0.15) is 22.3 Å². The lowest BCUT2D eigenvalue weighted by Crippen LogP contribution is -1.92. The Morgan fingerprint density at radius 3 is 2.56 bits per heavy atom. The summed E-state index contributed by atoms with van der Waals surface area (Å²) in [6.07, 6.45) is 4.69. The smallest absolute Gasteiger partial charge is 0.270 e. The molecule has 0 radical (unpaired) electrons. The van der Waals surface area contributed by atoms with Crippen molar-refractivity contribution in [1.82, 2.24) is 0 Å². The van der Waals surface area contributed by atoms with Crippen molar-refractivity contribution >= 4 is 24.3 Å². The zero-order valence-electron chi connectivity index (χ0n) is 8.33. The molecule has 0 heterocycles. The van der Waals surface area contributed by atoms with Crippen LogP contribution in [-0.4, -0.2) is 17.5 Å². The largest absolute Gasteiger partial charge is 0.303 e. The Kier molecular flexibility index (Phi) is 4.08. The number of carbonyl (C=O) groups excluding carboxylic acids is 2. The van der Waals surface area contributed by atoms with Gasteiger partial charge in [0.05, 0.1) is 4.92 Å². The van der Waals surface area contributed by atoms with E-state index < -0.39 is 4.92 Å². The second-order valence-electron chi connectivity index (χ2n) is 2.99. The van der Waals surface area contributed by atoms with E-state index in [1.54, 1.807) is 12.2 Å². The maximum Gasteiger partial charge on any atom is 0.270 e. The molecule has 0 bridgehead atoms. The highest BCUT2D eigenvalue weighted by Gasteiger charge is 2.08. The van der Waals surface area contributed by atoms with Crippen molar-refractivity contribution in [2.24, 2.45) is 0 Å². The van der Waals surface area contributed by atoms with Gasteiger partial charge in [-0.05, 0) is 11.6 Å². The van der Waals surface area contributed by atoms with Crippen LogP contribution in [0, 0.1) is 10.1 Å². The van der Waals surface area contributed by atoms with Crippen molar-refractivity contribution in [2.75, 3.05) is 0 Å². The van der Waals surface area contributed by atoms with E-state index in [9.17, 15) is 19.7 Å². The first-order valence-corrected chi connectivity index (χ1v) is 4.53. The summed E-state index contributed by atoms with van der Waals surface area (Å²) in [5, 5.41) is 10.5. The average molecular weight is 219 g/mol. The van der Waals surface area contributed by atoms with Crippen LogP contribution >= 0.6 is 0 Å². The molecule has 1 rings (SSSR count). The number of nitrogens with zero attached hydrogens (tertiary/aromatic N) is 1. The minimum Gasteiger partial charge on any atom is -0.303 e. The first-order valence-electron chi connectivity index (χ1n) is 4.53. The van der Waals surface area contributed by atoms with Gasteiger partial charge in [-0.15, -0.1) is 0 Å². The summed E-state index contributed by atoms with van der Waals surface area (Å²) in [7, 11) is 0. The van der Waals surface area contributed by atoms with Gasteiger partial charge in [0, 0.05) is 24.1 Å². The maximum absolute atomic E-state index is 10.7. The molecule has 0 aliphatic rings. The van der Waals surface area contributed by atoms with Gasteiger partial charge >= 0.3 is 0 Å². The van der Waals surface area contributed by atoms with E-state index in [-0.39, 0.29) is 17.7 Å². The number of nitro benzene ring substituents is 1. The standard InChI is InChI=1S/C11H9NO4/c13-6-2-1-3-9-4-5-11(12(15)16)7-10(9)8-14/h1,3-8H,2H2. The lowest BCUT2D eigenvalue weighted by Gasteiger charge is -1.98. The van der Waals surface area contributed by atoms with Gasteiger partial charge in [-0.25, -0.2) is 0 Å². The summed E-state index contributed by atoms with van der Waals surface area (Å²) < 4.78 is 0. The summed E-state index contributed by atoms with van der Waals surface area (Å²) in [6, 6.07) is 3.99. The highest BCUT2D eigenvalue weighted by Crippen LogP contribution is 2.17. The number of hydrogen-bond donors (Lipinski definition) is 0. The minimum atomic E-state index is -0.564. The van der Waals surface area contributed by atoms with Crippen LogP contribution in [0.5, 0.6) is 0 Å². The molecule has 0 atom stereocenters. The van der Waals surface area contributed by atoms with Crippen LogP contribution in [-0.2, 0) is 4.79 Å². The molecule has 0 saturated carbocycles. The fourth-order valence-electron chi connectivity index (χ4n) is 1.18. The second-order valence-corrected chi connectivity index (χ2v) is 2.99. The molecule has 5 heteroatoms. The average Bonchev–Trinajstić information content (AvgIpc) is 2.29. The molecular formula is C11H9NO4. The Hall–Kier alpha value is -2.30. The van der Waals surface area contributed by atoms with Gasteiger partial charge in [-0.2, -0.15) is 0 Å². The number of non-ortho nitro benzene ring substituents is 1. The number of carbonyl (C=O) groups is 2.